The Morgan fingerprint density at radius 1 is 1.47 bits per heavy atom. The van der Waals surface area contributed by atoms with Crippen molar-refractivity contribution in [3.05, 3.63) is 29.3 Å². The van der Waals surface area contributed by atoms with Gasteiger partial charge in [0.2, 0.25) is 0 Å². The van der Waals surface area contributed by atoms with E-state index in [1.807, 2.05) is 18.2 Å². The van der Waals surface area contributed by atoms with Crippen LogP contribution < -0.4 is 4.74 Å². The molecule has 1 aromatic rings. The summed E-state index contributed by atoms with van der Waals surface area (Å²) in [5.74, 6) is 1.20. The first-order valence-electron chi connectivity index (χ1n) is 5.56. The summed E-state index contributed by atoms with van der Waals surface area (Å²) in [7, 11) is 3.20. The van der Waals surface area contributed by atoms with E-state index in [1.165, 1.54) is 4.90 Å². The summed E-state index contributed by atoms with van der Waals surface area (Å²) in [6.07, 6.45) is -0.924. The average molecular weight is 237 g/mol. The monoisotopic (exact) mass is 237 g/mol. The number of ether oxygens (including phenoxy) is 1. The Bertz CT molecular complexity index is 402. The van der Waals surface area contributed by atoms with E-state index in [1.54, 1.807) is 14.2 Å². The molecule has 0 fully saturated rings. The Morgan fingerprint density at radius 3 is 2.59 bits per heavy atom. The van der Waals surface area contributed by atoms with Crippen LogP contribution in [-0.4, -0.2) is 30.3 Å². The van der Waals surface area contributed by atoms with Crippen molar-refractivity contribution in [1.82, 2.24) is 4.90 Å². The van der Waals surface area contributed by atoms with Gasteiger partial charge >= 0.3 is 6.09 Å². The highest BCUT2D eigenvalue weighted by Crippen LogP contribution is 2.27. The normalized spacial score (nSPS) is 10.4. The lowest BCUT2D eigenvalue weighted by Gasteiger charge is -2.16. The first-order valence-corrected chi connectivity index (χ1v) is 5.56. The van der Waals surface area contributed by atoms with Gasteiger partial charge in [0.15, 0.2) is 0 Å². The summed E-state index contributed by atoms with van der Waals surface area (Å²) in [5.41, 5.74) is 2.07. The van der Waals surface area contributed by atoms with Gasteiger partial charge in [-0.2, -0.15) is 0 Å². The number of hydrogen-bond acceptors (Lipinski definition) is 2. The lowest BCUT2D eigenvalue weighted by atomic mass is 9.99. The molecule has 0 bridgehead atoms. The van der Waals surface area contributed by atoms with Gasteiger partial charge in [-0.1, -0.05) is 26.0 Å². The predicted octanol–water partition coefficient (Wildman–Crippen LogP) is 2.93. The minimum atomic E-state index is -0.924. The average Bonchev–Trinajstić information content (AvgIpc) is 2.28. The van der Waals surface area contributed by atoms with Gasteiger partial charge in [-0.15, -0.1) is 0 Å². The second-order valence-corrected chi connectivity index (χ2v) is 4.37. The van der Waals surface area contributed by atoms with E-state index >= 15 is 0 Å². The number of methoxy groups -OCH3 is 1. The van der Waals surface area contributed by atoms with Crippen molar-refractivity contribution in [2.75, 3.05) is 14.2 Å². The highest BCUT2D eigenvalue weighted by Gasteiger charge is 2.11. The van der Waals surface area contributed by atoms with Crippen LogP contribution in [0.25, 0.3) is 0 Å². The molecule has 0 aliphatic heterocycles. The fourth-order valence-corrected chi connectivity index (χ4v) is 1.67. The molecule has 0 aliphatic rings. The number of rotatable bonds is 4. The van der Waals surface area contributed by atoms with Gasteiger partial charge in [-0.3, -0.25) is 0 Å². The number of nitrogens with zero attached hydrogens (tertiary/aromatic N) is 1. The zero-order chi connectivity index (χ0) is 13.0. The van der Waals surface area contributed by atoms with Gasteiger partial charge in [0.25, 0.3) is 0 Å². The van der Waals surface area contributed by atoms with Crippen LogP contribution in [0.4, 0.5) is 4.79 Å². The van der Waals surface area contributed by atoms with Crippen LogP contribution >= 0.6 is 0 Å². The van der Waals surface area contributed by atoms with Gasteiger partial charge < -0.3 is 14.7 Å². The smallest absolute Gasteiger partial charge is 0.407 e. The van der Waals surface area contributed by atoms with Crippen molar-refractivity contribution in [3.8, 4) is 5.75 Å². The Hall–Kier alpha value is -1.71. The molecule has 0 aliphatic carbocycles. The first-order chi connectivity index (χ1) is 7.95. The Balaban J connectivity index is 2.96. The maximum absolute atomic E-state index is 10.7. The van der Waals surface area contributed by atoms with E-state index in [4.69, 9.17) is 9.84 Å². The fourth-order valence-electron chi connectivity index (χ4n) is 1.67. The van der Waals surface area contributed by atoms with Gasteiger partial charge in [0.05, 0.1) is 7.11 Å². The number of hydrogen-bond donors (Lipinski definition) is 1. The Kier molecular flexibility index (Phi) is 4.37. The van der Waals surface area contributed by atoms with Crippen molar-refractivity contribution < 1.29 is 14.6 Å². The predicted molar refractivity (Wildman–Crippen MR) is 66.6 cm³/mol. The minimum Gasteiger partial charge on any atom is -0.496 e. The van der Waals surface area contributed by atoms with E-state index in [9.17, 15) is 4.79 Å². The fraction of sp³-hybridized carbons (Fsp3) is 0.462. The molecular weight excluding hydrogens is 218 g/mol. The quantitative estimate of drug-likeness (QED) is 0.875. The summed E-state index contributed by atoms with van der Waals surface area (Å²) >= 11 is 0. The zero-order valence-electron chi connectivity index (χ0n) is 10.7. The SMILES string of the molecule is COc1ccc(CN(C)C(=O)O)cc1C(C)C. The van der Waals surface area contributed by atoms with E-state index in [0.29, 0.717) is 12.5 Å². The molecule has 0 saturated carbocycles. The highest BCUT2D eigenvalue weighted by atomic mass is 16.5. The van der Waals surface area contributed by atoms with Crippen LogP contribution in [0, 0.1) is 0 Å². The molecule has 0 saturated heterocycles. The van der Waals surface area contributed by atoms with Crippen LogP contribution in [0.3, 0.4) is 0 Å². The second-order valence-electron chi connectivity index (χ2n) is 4.37. The maximum Gasteiger partial charge on any atom is 0.407 e. The lowest BCUT2D eigenvalue weighted by Crippen LogP contribution is -2.23. The second kappa shape index (κ2) is 5.57. The van der Waals surface area contributed by atoms with Crippen molar-refractivity contribution in [1.29, 1.82) is 0 Å². The zero-order valence-corrected chi connectivity index (χ0v) is 10.7. The van der Waals surface area contributed by atoms with E-state index in [2.05, 4.69) is 13.8 Å². The number of benzene rings is 1. The van der Waals surface area contributed by atoms with Crippen LogP contribution in [0.5, 0.6) is 5.75 Å². The van der Waals surface area contributed by atoms with Gasteiger partial charge in [0, 0.05) is 13.6 Å². The summed E-state index contributed by atoms with van der Waals surface area (Å²) in [4.78, 5) is 12.0. The van der Waals surface area contributed by atoms with E-state index in [-0.39, 0.29) is 0 Å². The minimum absolute atomic E-state index is 0.347. The molecule has 1 amide bonds. The summed E-state index contributed by atoms with van der Waals surface area (Å²) in [6.45, 7) is 4.56. The molecule has 17 heavy (non-hydrogen) atoms. The van der Waals surface area contributed by atoms with Gasteiger partial charge in [-0.05, 0) is 23.1 Å². The first kappa shape index (κ1) is 13.4. The molecule has 0 radical (unpaired) electrons. The van der Waals surface area contributed by atoms with Crippen LogP contribution in [-0.2, 0) is 6.54 Å². The number of carbonyl (C=O) groups is 1. The molecule has 0 heterocycles. The van der Waals surface area contributed by atoms with Crippen molar-refractivity contribution in [2.45, 2.75) is 26.3 Å². The standard InChI is InChI=1S/C13H19NO3/c1-9(2)11-7-10(5-6-12(11)17-4)8-14(3)13(15)16/h5-7,9H,8H2,1-4H3,(H,15,16). The van der Waals surface area contributed by atoms with Crippen LogP contribution in [0.2, 0.25) is 0 Å². The van der Waals surface area contributed by atoms with Gasteiger partial charge in [0.1, 0.15) is 5.75 Å². The molecule has 0 spiro atoms. The van der Waals surface area contributed by atoms with Gasteiger partial charge in [-0.25, -0.2) is 4.79 Å². The lowest BCUT2D eigenvalue weighted by molar-refractivity contribution is 0.153. The van der Waals surface area contributed by atoms with Crippen LogP contribution in [0.1, 0.15) is 30.9 Å². The number of amides is 1. The molecule has 0 atom stereocenters. The molecule has 94 valence electrons. The number of carboxylic acid groups (broad SMARTS) is 1. The van der Waals surface area contributed by atoms with E-state index < -0.39 is 6.09 Å². The molecule has 0 unspecified atom stereocenters. The summed E-state index contributed by atoms with van der Waals surface area (Å²) in [5, 5.41) is 8.82. The largest absolute Gasteiger partial charge is 0.496 e. The molecular formula is C13H19NO3. The third kappa shape index (κ3) is 3.37. The molecule has 1 N–H and O–H groups in total. The summed E-state index contributed by atoms with van der Waals surface area (Å²) in [6, 6.07) is 5.79. The molecule has 1 rings (SSSR count). The van der Waals surface area contributed by atoms with Crippen molar-refractivity contribution in [2.24, 2.45) is 0 Å². The third-order valence-electron chi connectivity index (χ3n) is 2.66. The van der Waals surface area contributed by atoms with Crippen LogP contribution in [0.15, 0.2) is 18.2 Å². The molecule has 4 heteroatoms. The van der Waals surface area contributed by atoms with E-state index in [0.717, 1.165) is 16.9 Å². The van der Waals surface area contributed by atoms with Crippen molar-refractivity contribution in [3.63, 3.8) is 0 Å². The topological polar surface area (TPSA) is 49.8 Å². The maximum atomic E-state index is 10.7. The summed E-state index contributed by atoms with van der Waals surface area (Å²) < 4.78 is 5.28. The van der Waals surface area contributed by atoms with Crippen molar-refractivity contribution >= 4 is 6.09 Å². The Morgan fingerprint density at radius 2 is 2.12 bits per heavy atom. The third-order valence-corrected chi connectivity index (χ3v) is 2.66. The molecule has 1 aromatic carbocycles. The molecule has 4 nitrogen and oxygen atoms in total. The molecule has 0 aromatic heterocycles. The highest BCUT2D eigenvalue weighted by molar-refractivity contribution is 5.64. The Labute approximate surface area is 102 Å².